The first-order chi connectivity index (χ1) is 8.08. The number of carbonyl (C=O) groups is 1. The number of benzene rings is 1. The van der Waals surface area contributed by atoms with Crippen LogP contribution in [0.15, 0.2) is 18.2 Å². The van der Waals surface area contributed by atoms with Gasteiger partial charge >= 0.3 is 0 Å². The second kappa shape index (κ2) is 6.11. The van der Waals surface area contributed by atoms with Gasteiger partial charge in [-0.3, -0.25) is 4.79 Å². The molecular weight excluding hydrogens is 262 g/mol. The Morgan fingerprint density at radius 2 is 2.11 bits per heavy atom. The van der Waals surface area contributed by atoms with Crippen LogP contribution < -0.4 is 10.6 Å². The maximum atomic E-state index is 13.4. The zero-order valence-electron chi connectivity index (χ0n) is 9.87. The highest BCUT2D eigenvalue weighted by Crippen LogP contribution is 2.18. The highest BCUT2D eigenvalue weighted by atomic mass is 35.5. The number of carbonyl (C=O) groups excluding carboxylic acids is 1. The minimum absolute atomic E-state index is 0. The Kier molecular flexibility index (Phi) is 5.04. The van der Waals surface area contributed by atoms with Gasteiger partial charge in [-0.1, -0.05) is 6.07 Å². The predicted molar refractivity (Wildman–Crippen MR) is 66.5 cm³/mol. The normalized spacial score (nSPS) is 16.4. The zero-order valence-corrected chi connectivity index (χ0v) is 10.7. The topological polar surface area (TPSA) is 41.1 Å². The third-order valence-electron chi connectivity index (χ3n) is 2.94. The molecule has 0 radical (unpaired) electrons. The number of hydrogen-bond acceptors (Lipinski definition) is 2. The van der Waals surface area contributed by atoms with Crippen molar-refractivity contribution in [1.29, 1.82) is 0 Å². The first kappa shape index (κ1) is 14.9. The van der Waals surface area contributed by atoms with Crippen LogP contribution in [0.1, 0.15) is 18.5 Å². The van der Waals surface area contributed by atoms with E-state index in [-0.39, 0.29) is 24.2 Å². The lowest BCUT2D eigenvalue weighted by molar-refractivity contribution is -0.127. The lowest BCUT2D eigenvalue weighted by Crippen LogP contribution is -2.51. The van der Waals surface area contributed by atoms with E-state index in [9.17, 15) is 13.6 Å². The Morgan fingerprint density at radius 1 is 1.44 bits per heavy atom. The molecule has 1 aromatic rings. The number of rotatable bonds is 3. The number of hydrogen-bond donors (Lipinski definition) is 2. The molecule has 1 aliphatic rings. The van der Waals surface area contributed by atoms with Crippen molar-refractivity contribution in [2.24, 2.45) is 5.92 Å². The molecule has 1 aliphatic heterocycles. The van der Waals surface area contributed by atoms with E-state index < -0.39 is 17.7 Å². The van der Waals surface area contributed by atoms with Crippen LogP contribution in [0, 0.1) is 17.6 Å². The molecule has 1 heterocycles. The molecule has 1 amide bonds. The molecule has 0 spiro atoms. The summed E-state index contributed by atoms with van der Waals surface area (Å²) in [5, 5.41) is 5.71. The van der Waals surface area contributed by atoms with E-state index in [1.54, 1.807) is 6.92 Å². The fraction of sp³-hybridized carbons (Fsp3) is 0.417. The second-order valence-corrected chi connectivity index (χ2v) is 4.25. The molecule has 2 rings (SSSR count). The van der Waals surface area contributed by atoms with Gasteiger partial charge in [0.25, 0.3) is 0 Å². The van der Waals surface area contributed by atoms with Crippen molar-refractivity contribution in [2.45, 2.75) is 13.0 Å². The van der Waals surface area contributed by atoms with E-state index in [0.29, 0.717) is 18.7 Å². The lowest BCUT2D eigenvalue weighted by Gasteiger charge is -2.27. The van der Waals surface area contributed by atoms with Crippen LogP contribution in [-0.4, -0.2) is 19.0 Å². The van der Waals surface area contributed by atoms with Crippen molar-refractivity contribution in [3.05, 3.63) is 35.4 Å². The fourth-order valence-corrected chi connectivity index (χ4v) is 1.74. The third-order valence-corrected chi connectivity index (χ3v) is 2.94. The summed E-state index contributed by atoms with van der Waals surface area (Å²) in [6.07, 6.45) is 0. The molecule has 18 heavy (non-hydrogen) atoms. The average Bonchev–Trinajstić information content (AvgIpc) is 2.13. The summed E-state index contributed by atoms with van der Waals surface area (Å²) in [6, 6.07) is 2.91. The standard InChI is InChI=1S/C12H14F2N2O.ClH/c1-7(16-12(17)8-5-15-6-8)10-3-2-9(13)4-11(10)14;/h2-4,7-8,15H,5-6H2,1H3,(H,16,17);1H. The Morgan fingerprint density at radius 3 is 2.61 bits per heavy atom. The zero-order chi connectivity index (χ0) is 12.4. The van der Waals surface area contributed by atoms with Crippen molar-refractivity contribution in [3.8, 4) is 0 Å². The Labute approximate surface area is 110 Å². The van der Waals surface area contributed by atoms with E-state index in [0.717, 1.165) is 6.07 Å². The summed E-state index contributed by atoms with van der Waals surface area (Å²) in [5.41, 5.74) is 0.298. The Hall–Kier alpha value is -1.20. The van der Waals surface area contributed by atoms with Crippen LogP contribution in [0.2, 0.25) is 0 Å². The van der Waals surface area contributed by atoms with Gasteiger partial charge in [0.1, 0.15) is 11.6 Å². The van der Waals surface area contributed by atoms with Crippen LogP contribution in [0.3, 0.4) is 0 Å². The molecular formula is C12H15ClF2N2O. The van der Waals surface area contributed by atoms with Crippen molar-refractivity contribution in [1.82, 2.24) is 10.6 Å². The van der Waals surface area contributed by atoms with Crippen molar-refractivity contribution in [3.63, 3.8) is 0 Å². The summed E-state index contributed by atoms with van der Waals surface area (Å²) in [7, 11) is 0. The Bertz CT molecular complexity index is 438. The third kappa shape index (κ3) is 3.17. The highest BCUT2D eigenvalue weighted by molar-refractivity contribution is 5.85. The van der Waals surface area contributed by atoms with E-state index in [1.807, 2.05) is 0 Å². The minimum atomic E-state index is -0.635. The van der Waals surface area contributed by atoms with E-state index in [4.69, 9.17) is 0 Å². The Balaban J connectivity index is 0.00000162. The van der Waals surface area contributed by atoms with Gasteiger partial charge in [-0.15, -0.1) is 12.4 Å². The summed E-state index contributed by atoms with van der Waals surface area (Å²) in [4.78, 5) is 11.6. The fourth-order valence-electron chi connectivity index (χ4n) is 1.74. The van der Waals surface area contributed by atoms with Crippen molar-refractivity contribution in [2.75, 3.05) is 13.1 Å². The molecule has 1 fully saturated rings. The summed E-state index contributed by atoms with van der Waals surface area (Å²) >= 11 is 0. The first-order valence-electron chi connectivity index (χ1n) is 5.54. The van der Waals surface area contributed by atoms with Gasteiger partial charge in [0.2, 0.25) is 5.91 Å². The summed E-state index contributed by atoms with van der Waals surface area (Å²) in [6.45, 7) is 3.00. The molecule has 3 nitrogen and oxygen atoms in total. The quantitative estimate of drug-likeness (QED) is 0.884. The van der Waals surface area contributed by atoms with Crippen molar-refractivity contribution >= 4 is 18.3 Å². The molecule has 2 N–H and O–H groups in total. The van der Waals surface area contributed by atoms with Gasteiger partial charge in [0, 0.05) is 24.7 Å². The van der Waals surface area contributed by atoms with E-state index in [1.165, 1.54) is 12.1 Å². The van der Waals surface area contributed by atoms with Gasteiger partial charge in [-0.2, -0.15) is 0 Å². The first-order valence-corrected chi connectivity index (χ1v) is 5.54. The van der Waals surface area contributed by atoms with E-state index in [2.05, 4.69) is 10.6 Å². The SMILES string of the molecule is CC(NC(=O)C1CNC1)c1ccc(F)cc1F.Cl. The maximum absolute atomic E-state index is 13.4. The molecule has 1 aromatic carbocycles. The monoisotopic (exact) mass is 276 g/mol. The van der Waals surface area contributed by atoms with Crippen LogP contribution in [-0.2, 0) is 4.79 Å². The smallest absolute Gasteiger partial charge is 0.226 e. The van der Waals surface area contributed by atoms with Crippen LogP contribution in [0.25, 0.3) is 0 Å². The molecule has 0 bridgehead atoms. The van der Waals surface area contributed by atoms with Crippen LogP contribution in [0.4, 0.5) is 8.78 Å². The second-order valence-electron chi connectivity index (χ2n) is 4.25. The molecule has 1 atom stereocenters. The van der Waals surface area contributed by atoms with Gasteiger partial charge in [0.05, 0.1) is 12.0 Å². The molecule has 6 heteroatoms. The van der Waals surface area contributed by atoms with Gasteiger partial charge in [-0.25, -0.2) is 8.78 Å². The average molecular weight is 277 g/mol. The summed E-state index contributed by atoms with van der Waals surface area (Å²) in [5.74, 6) is -1.39. The van der Waals surface area contributed by atoms with Crippen molar-refractivity contribution < 1.29 is 13.6 Å². The number of halogens is 3. The number of nitrogens with one attached hydrogen (secondary N) is 2. The van der Waals surface area contributed by atoms with Gasteiger partial charge in [0.15, 0.2) is 0 Å². The van der Waals surface area contributed by atoms with Crippen LogP contribution >= 0.6 is 12.4 Å². The van der Waals surface area contributed by atoms with E-state index >= 15 is 0 Å². The van der Waals surface area contributed by atoms with Gasteiger partial charge in [-0.05, 0) is 13.0 Å². The lowest BCUT2D eigenvalue weighted by atomic mass is 10.0. The highest BCUT2D eigenvalue weighted by Gasteiger charge is 2.26. The largest absolute Gasteiger partial charge is 0.349 e. The minimum Gasteiger partial charge on any atom is -0.349 e. The maximum Gasteiger partial charge on any atom is 0.226 e. The molecule has 1 unspecified atom stereocenters. The number of amides is 1. The molecule has 1 saturated heterocycles. The molecule has 100 valence electrons. The molecule has 0 aliphatic carbocycles. The van der Waals surface area contributed by atoms with Crippen LogP contribution in [0.5, 0.6) is 0 Å². The molecule has 0 aromatic heterocycles. The predicted octanol–water partition coefficient (Wildman–Crippen LogP) is 1.78. The molecule has 0 saturated carbocycles. The summed E-state index contributed by atoms with van der Waals surface area (Å²) < 4.78 is 26.2. The van der Waals surface area contributed by atoms with Gasteiger partial charge < -0.3 is 10.6 Å².